The molecule has 0 saturated carbocycles. The molecule has 1 aliphatic heterocycles. The second-order valence-electron chi connectivity index (χ2n) is 5.64. The van der Waals surface area contributed by atoms with E-state index in [1.54, 1.807) is 10.8 Å². The lowest BCUT2D eigenvalue weighted by molar-refractivity contribution is -0.139. The standard InChI is InChI=1S/C20H16N2O4/c23-20(9-7-15-6-8-18-19(12-15)26-14-25-18)24-13-16-10-11-22(21-16)17-4-2-1-3-5-17/h1-12H,13-14H2/b9-7+. The van der Waals surface area contributed by atoms with Crippen molar-refractivity contribution in [1.29, 1.82) is 0 Å². The monoisotopic (exact) mass is 348 g/mol. The van der Waals surface area contributed by atoms with E-state index in [4.69, 9.17) is 14.2 Å². The van der Waals surface area contributed by atoms with Crippen LogP contribution in [0.25, 0.3) is 11.8 Å². The van der Waals surface area contributed by atoms with Crippen LogP contribution in [0.1, 0.15) is 11.3 Å². The third-order valence-corrected chi connectivity index (χ3v) is 3.84. The van der Waals surface area contributed by atoms with Crippen molar-refractivity contribution in [2.45, 2.75) is 6.61 Å². The number of hydrogen-bond donors (Lipinski definition) is 0. The number of ether oxygens (including phenoxy) is 3. The lowest BCUT2D eigenvalue weighted by Gasteiger charge is -2.01. The Hall–Kier alpha value is -3.54. The minimum absolute atomic E-state index is 0.115. The van der Waals surface area contributed by atoms with Gasteiger partial charge in [0.05, 0.1) is 5.69 Å². The van der Waals surface area contributed by atoms with Crippen LogP contribution in [0.4, 0.5) is 0 Å². The Kier molecular flexibility index (Phi) is 4.38. The van der Waals surface area contributed by atoms with Gasteiger partial charge < -0.3 is 14.2 Å². The summed E-state index contributed by atoms with van der Waals surface area (Å²) in [4.78, 5) is 11.9. The van der Waals surface area contributed by atoms with Crippen molar-refractivity contribution >= 4 is 12.0 Å². The zero-order chi connectivity index (χ0) is 17.8. The maximum Gasteiger partial charge on any atom is 0.331 e. The molecule has 6 heteroatoms. The molecule has 2 aromatic carbocycles. The van der Waals surface area contributed by atoms with E-state index in [2.05, 4.69) is 5.10 Å². The number of benzene rings is 2. The molecular weight excluding hydrogens is 332 g/mol. The fraction of sp³-hybridized carbons (Fsp3) is 0.100. The summed E-state index contributed by atoms with van der Waals surface area (Å²) in [7, 11) is 0. The molecule has 0 radical (unpaired) electrons. The Morgan fingerprint density at radius 1 is 1.12 bits per heavy atom. The maximum absolute atomic E-state index is 11.9. The summed E-state index contributed by atoms with van der Waals surface area (Å²) in [6.07, 6.45) is 4.89. The minimum atomic E-state index is -0.433. The lowest BCUT2D eigenvalue weighted by atomic mass is 10.2. The van der Waals surface area contributed by atoms with Gasteiger partial charge >= 0.3 is 5.97 Å². The molecule has 0 bridgehead atoms. The Morgan fingerprint density at radius 2 is 1.96 bits per heavy atom. The average molecular weight is 348 g/mol. The number of rotatable bonds is 5. The van der Waals surface area contributed by atoms with Gasteiger partial charge in [-0.3, -0.25) is 0 Å². The number of carbonyl (C=O) groups is 1. The van der Waals surface area contributed by atoms with Crippen LogP contribution in [0, 0.1) is 0 Å². The SMILES string of the molecule is O=C(/C=C/c1ccc2c(c1)OCO2)OCc1ccn(-c2ccccc2)n1. The highest BCUT2D eigenvalue weighted by Crippen LogP contribution is 2.32. The largest absolute Gasteiger partial charge is 0.456 e. The van der Waals surface area contributed by atoms with E-state index in [1.165, 1.54) is 6.08 Å². The van der Waals surface area contributed by atoms with Gasteiger partial charge in [0.2, 0.25) is 6.79 Å². The molecular formula is C20H16N2O4. The number of para-hydroxylation sites is 1. The minimum Gasteiger partial charge on any atom is -0.456 e. The molecule has 0 saturated heterocycles. The van der Waals surface area contributed by atoms with Crippen LogP contribution in [0.3, 0.4) is 0 Å². The molecule has 0 amide bonds. The van der Waals surface area contributed by atoms with Crippen molar-refractivity contribution in [2.24, 2.45) is 0 Å². The summed E-state index contributed by atoms with van der Waals surface area (Å²) < 4.78 is 17.5. The Balaban J connectivity index is 1.33. The molecule has 26 heavy (non-hydrogen) atoms. The van der Waals surface area contributed by atoms with Gasteiger partial charge in [-0.2, -0.15) is 5.10 Å². The number of fused-ring (bicyclic) bond motifs is 1. The first kappa shape index (κ1) is 16.0. The van der Waals surface area contributed by atoms with Crippen molar-refractivity contribution in [3.8, 4) is 17.2 Å². The van der Waals surface area contributed by atoms with E-state index >= 15 is 0 Å². The van der Waals surface area contributed by atoms with Crippen molar-refractivity contribution < 1.29 is 19.0 Å². The third-order valence-electron chi connectivity index (χ3n) is 3.84. The Morgan fingerprint density at radius 3 is 2.85 bits per heavy atom. The third kappa shape index (κ3) is 3.59. The molecule has 4 rings (SSSR count). The average Bonchev–Trinajstić information content (AvgIpc) is 3.34. The number of nitrogens with zero attached hydrogens (tertiary/aromatic N) is 2. The first-order valence-corrected chi connectivity index (χ1v) is 8.12. The lowest BCUT2D eigenvalue weighted by Crippen LogP contribution is -2.02. The Bertz CT molecular complexity index is 947. The molecule has 0 fully saturated rings. The quantitative estimate of drug-likeness (QED) is 0.523. The van der Waals surface area contributed by atoms with Crippen LogP contribution in [-0.2, 0) is 16.1 Å². The molecule has 1 aromatic heterocycles. The zero-order valence-electron chi connectivity index (χ0n) is 13.9. The van der Waals surface area contributed by atoms with Crippen molar-refractivity contribution in [2.75, 3.05) is 6.79 Å². The van der Waals surface area contributed by atoms with Gasteiger partial charge in [0.15, 0.2) is 11.5 Å². The predicted molar refractivity (Wildman–Crippen MR) is 95.0 cm³/mol. The van der Waals surface area contributed by atoms with Gasteiger partial charge in [-0.05, 0) is 42.0 Å². The normalized spacial score (nSPS) is 12.5. The zero-order valence-corrected chi connectivity index (χ0v) is 13.9. The molecule has 0 atom stereocenters. The first-order valence-electron chi connectivity index (χ1n) is 8.12. The van der Waals surface area contributed by atoms with Gasteiger partial charge in [-0.1, -0.05) is 24.3 Å². The molecule has 1 aliphatic rings. The van der Waals surface area contributed by atoms with Crippen LogP contribution >= 0.6 is 0 Å². The molecule has 0 N–H and O–H groups in total. The summed E-state index contributed by atoms with van der Waals surface area (Å²) in [5, 5.41) is 4.39. The van der Waals surface area contributed by atoms with Crippen molar-refractivity contribution in [3.05, 3.63) is 78.1 Å². The van der Waals surface area contributed by atoms with Gasteiger partial charge in [-0.25, -0.2) is 9.48 Å². The van der Waals surface area contributed by atoms with E-state index in [1.807, 2.05) is 60.8 Å². The first-order chi connectivity index (χ1) is 12.8. The fourth-order valence-electron chi connectivity index (χ4n) is 2.54. The second kappa shape index (κ2) is 7.14. The number of hydrogen-bond acceptors (Lipinski definition) is 5. The molecule has 130 valence electrons. The van der Waals surface area contributed by atoms with Gasteiger partial charge in [-0.15, -0.1) is 0 Å². The van der Waals surface area contributed by atoms with E-state index in [9.17, 15) is 4.79 Å². The summed E-state index contributed by atoms with van der Waals surface area (Å²) in [5.41, 5.74) is 2.46. The fourth-order valence-corrected chi connectivity index (χ4v) is 2.54. The highest BCUT2D eigenvalue weighted by atomic mass is 16.7. The van der Waals surface area contributed by atoms with E-state index in [0.717, 1.165) is 11.3 Å². The molecule has 2 heterocycles. The summed E-state index contributed by atoms with van der Waals surface area (Å²) in [5.74, 6) is 0.947. The van der Waals surface area contributed by atoms with E-state index < -0.39 is 5.97 Å². The van der Waals surface area contributed by atoms with Gasteiger partial charge in [0, 0.05) is 12.3 Å². The number of aromatic nitrogens is 2. The molecule has 3 aromatic rings. The van der Waals surface area contributed by atoms with Crippen LogP contribution < -0.4 is 9.47 Å². The number of carbonyl (C=O) groups excluding carboxylic acids is 1. The van der Waals surface area contributed by atoms with E-state index in [-0.39, 0.29) is 13.4 Å². The van der Waals surface area contributed by atoms with Crippen LogP contribution in [-0.4, -0.2) is 22.5 Å². The van der Waals surface area contributed by atoms with Crippen molar-refractivity contribution in [1.82, 2.24) is 9.78 Å². The van der Waals surface area contributed by atoms with Crippen LogP contribution in [0.5, 0.6) is 11.5 Å². The molecule has 0 aliphatic carbocycles. The van der Waals surface area contributed by atoms with E-state index in [0.29, 0.717) is 17.2 Å². The topological polar surface area (TPSA) is 62.6 Å². The maximum atomic E-state index is 11.9. The predicted octanol–water partition coefficient (Wildman–Crippen LogP) is 3.36. The second-order valence-corrected chi connectivity index (χ2v) is 5.64. The summed E-state index contributed by atoms with van der Waals surface area (Å²) in [6.45, 7) is 0.338. The van der Waals surface area contributed by atoms with Crippen LogP contribution in [0.15, 0.2) is 66.9 Å². The number of esters is 1. The van der Waals surface area contributed by atoms with Gasteiger partial charge in [0.1, 0.15) is 12.3 Å². The molecule has 0 spiro atoms. The smallest absolute Gasteiger partial charge is 0.331 e. The van der Waals surface area contributed by atoms with Gasteiger partial charge in [0.25, 0.3) is 0 Å². The summed E-state index contributed by atoms with van der Waals surface area (Å²) in [6, 6.07) is 17.0. The Labute approximate surface area is 150 Å². The van der Waals surface area contributed by atoms with Crippen molar-refractivity contribution in [3.63, 3.8) is 0 Å². The highest BCUT2D eigenvalue weighted by Gasteiger charge is 2.12. The molecule has 6 nitrogen and oxygen atoms in total. The molecule has 0 unspecified atom stereocenters. The van der Waals surface area contributed by atoms with Crippen LogP contribution in [0.2, 0.25) is 0 Å². The highest BCUT2D eigenvalue weighted by molar-refractivity contribution is 5.87. The summed E-state index contributed by atoms with van der Waals surface area (Å²) >= 11 is 0.